The van der Waals surface area contributed by atoms with E-state index in [-0.39, 0.29) is 18.8 Å². The Balaban J connectivity index is 2.21. The summed E-state index contributed by atoms with van der Waals surface area (Å²) < 4.78 is 0. The van der Waals surface area contributed by atoms with Crippen LogP contribution in [0.2, 0.25) is 11.3 Å². The van der Waals surface area contributed by atoms with Gasteiger partial charge in [0.25, 0.3) is 0 Å². The van der Waals surface area contributed by atoms with Crippen LogP contribution in [0, 0.1) is 5.92 Å². The Morgan fingerprint density at radius 3 is 2.67 bits per heavy atom. The Labute approximate surface area is 128 Å². The molecule has 1 aromatic carbocycles. The first-order valence-corrected chi connectivity index (χ1v) is 7.32. The topological polar surface area (TPSA) is 98.0 Å². The number of aliphatic hydroxyl groups is 1. The molecule has 114 valence electrons. The molecule has 1 aliphatic rings. The van der Waals surface area contributed by atoms with E-state index in [9.17, 15) is 15.0 Å². The van der Waals surface area contributed by atoms with Gasteiger partial charge in [-0.25, -0.2) is 0 Å². The minimum Gasteiger partial charge on any atom is -0.481 e. The van der Waals surface area contributed by atoms with Crippen LogP contribution >= 0.6 is 11.6 Å². The lowest BCUT2D eigenvalue weighted by atomic mass is 9.80. The van der Waals surface area contributed by atoms with Crippen LogP contribution in [0.15, 0.2) is 12.1 Å². The fourth-order valence-electron chi connectivity index (χ4n) is 3.09. The summed E-state index contributed by atoms with van der Waals surface area (Å²) in [6.07, 6.45) is 2.01. The normalized spacial score (nSPS) is 20.4. The van der Waals surface area contributed by atoms with Gasteiger partial charge < -0.3 is 20.3 Å². The van der Waals surface area contributed by atoms with E-state index < -0.39 is 19.0 Å². The van der Waals surface area contributed by atoms with E-state index in [0.717, 1.165) is 5.56 Å². The second kappa shape index (κ2) is 6.79. The third-order valence-corrected chi connectivity index (χ3v) is 4.42. The molecule has 0 unspecified atom stereocenters. The largest absolute Gasteiger partial charge is 0.481 e. The van der Waals surface area contributed by atoms with Crippen molar-refractivity contribution in [3.63, 3.8) is 0 Å². The molecule has 4 N–H and O–H groups in total. The van der Waals surface area contributed by atoms with E-state index in [0.29, 0.717) is 35.4 Å². The second-order valence-electron chi connectivity index (χ2n) is 5.49. The van der Waals surface area contributed by atoms with Crippen LogP contribution in [0.4, 0.5) is 0 Å². The Morgan fingerprint density at radius 2 is 2.10 bits per heavy atom. The van der Waals surface area contributed by atoms with Gasteiger partial charge in [-0.15, -0.1) is 0 Å². The Hall–Kier alpha value is -1.08. The van der Waals surface area contributed by atoms with Crippen molar-refractivity contribution in [2.45, 2.75) is 38.1 Å². The third-order valence-electron chi connectivity index (χ3n) is 4.07. The lowest BCUT2D eigenvalue weighted by Crippen LogP contribution is -2.18. The van der Waals surface area contributed by atoms with Crippen LogP contribution in [-0.4, -0.2) is 33.3 Å². The summed E-state index contributed by atoms with van der Waals surface area (Å²) >= 11 is 6.06. The standard InChI is InChI=1S/C14H18BClO5/c16-12-6-9-4-8(2-1-3-15(20)21)13(14(18)19)11(9)5-10(12)7-17/h5-6,8,13,17,20-21H,1-4,7H2,(H,18,19)/t8-,13-/m0/s1. The highest BCUT2D eigenvalue weighted by molar-refractivity contribution is 6.40. The molecular formula is C14H18BClO5. The predicted octanol–water partition coefficient (Wildman–Crippen LogP) is 1.43. The molecule has 0 amide bonds. The highest BCUT2D eigenvalue weighted by atomic mass is 35.5. The van der Waals surface area contributed by atoms with Crippen molar-refractivity contribution in [3.8, 4) is 0 Å². The van der Waals surface area contributed by atoms with Crippen LogP contribution in [0.1, 0.15) is 35.4 Å². The number of carboxylic acid groups (broad SMARTS) is 1. The lowest BCUT2D eigenvalue weighted by Gasteiger charge is -2.16. The van der Waals surface area contributed by atoms with Gasteiger partial charge in [-0.2, -0.15) is 0 Å². The van der Waals surface area contributed by atoms with Crippen LogP contribution in [0.5, 0.6) is 0 Å². The SMILES string of the molecule is O=C(O)[C@@H]1c2cc(CO)c(Cl)cc2C[C@@H]1CCCB(O)O. The fraction of sp³-hybridized carbons (Fsp3) is 0.500. The summed E-state index contributed by atoms with van der Waals surface area (Å²) in [5.74, 6) is -1.60. The number of fused-ring (bicyclic) bond motifs is 1. The lowest BCUT2D eigenvalue weighted by molar-refractivity contribution is -0.139. The molecule has 2 atom stereocenters. The number of benzene rings is 1. The van der Waals surface area contributed by atoms with Crippen molar-refractivity contribution < 1.29 is 25.1 Å². The Kier molecular flexibility index (Phi) is 5.27. The number of rotatable bonds is 6. The molecular weight excluding hydrogens is 294 g/mol. The van der Waals surface area contributed by atoms with Crippen molar-refractivity contribution in [3.05, 3.63) is 33.8 Å². The number of halogens is 1. The number of carboxylic acids is 1. The average Bonchev–Trinajstić information content (AvgIpc) is 2.74. The van der Waals surface area contributed by atoms with Gasteiger partial charge in [0, 0.05) is 5.02 Å². The van der Waals surface area contributed by atoms with Crippen molar-refractivity contribution in [1.82, 2.24) is 0 Å². The molecule has 0 fully saturated rings. The Bertz CT molecular complexity index is 534. The van der Waals surface area contributed by atoms with Crippen LogP contribution in [0.25, 0.3) is 0 Å². The van der Waals surface area contributed by atoms with Crippen LogP contribution in [-0.2, 0) is 17.8 Å². The molecule has 0 heterocycles. The number of carbonyl (C=O) groups is 1. The van der Waals surface area contributed by atoms with E-state index in [4.69, 9.17) is 21.6 Å². The molecule has 0 saturated heterocycles. The molecule has 0 radical (unpaired) electrons. The molecule has 0 spiro atoms. The van der Waals surface area contributed by atoms with E-state index >= 15 is 0 Å². The summed E-state index contributed by atoms with van der Waals surface area (Å²) in [5, 5.41) is 36.9. The van der Waals surface area contributed by atoms with E-state index in [2.05, 4.69) is 0 Å². The zero-order valence-corrected chi connectivity index (χ0v) is 12.3. The maximum Gasteiger partial charge on any atom is 0.451 e. The summed E-state index contributed by atoms with van der Waals surface area (Å²) in [7, 11) is -1.35. The van der Waals surface area contributed by atoms with E-state index in [1.54, 1.807) is 12.1 Å². The molecule has 1 aliphatic carbocycles. The smallest absolute Gasteiger partial charge is 0.451 e. The first kappa shape index (κ1) is 16.3. The Morgan fingerprint density at radius 1 is 1.38 bits per heavy atom. The summed E-state index contributed by atoms with van der Waals surface area (Å²) in [6, 6.07) is 3.41. The summed E-state index contributed by atoms with van der Waals surface area (Å²) in [4.78, 5) is 11.6. The van der Waals surface area contributed by atoms with Gasteiger partial charge in [-0.3, -0.25) is 4.79 Å². The maximum absolute atomic E-state index is 11.6. The number of hydrogen-bond donors (Lipinski definition) is 4. The van der Waals surface area contributed by atoms with Gasteiger partial charge in [0.2, 0.25) is 0 Å². The quantitative estimate of drug-likeness (QED) is 0.596. The molecule has 0 saturated carbocycles. The van der Waals surface area contributed by atoms with Crippen molar-refractivity contribution in [2.24, 2.45) is 5.92 Å². The maximum atomic E-state index is 11.6. The predicted molar refractivity (Wildman–Crippen MR) is 79.2 cm³/mol. The molecule has 0 bridgehead atoms. The van der Waals surface area contributed by atoms with Crippen molar-refractivity contribution >= 4 is 24.7 Å². The molecule has 5 nitrogen and oxygen atoms in total. The molecule has 21 heavy (non-hydrogen) atoms. The third kappa shape index (κ3) is 3.58. The highest BCUT2D eigenvalue weighted by Crippen LogP contribution is 2.42. The van der Waals surface area contributed by atoms with Crippen molar-refractivity contribution in [1.29, 1.82) is 0 Å². The van der Waals surface area contributed by atoms with Crippen molar-refractivity contribution in [2.75, 3.05) is 0 Å². The summed E-state index contributed by atoms with van der Waals surface area (Å²) in [6.45, 7) is -0.222. The molecule has 0 aliphatic heterocycles. The number of aliphatic hydroxyl groups excluding tert-OH is 1. The molecule has 0 aromatic heterocycles. The van der Waals surface area contributed by atoms with Gasteiger partial charge >= 0.3 is 13.1 Å². The minimum atomic E-state index is -1.35. The van der Waals surface area contributed by atoms with Gasteiger partial charge in [-0.1, -0.05) is 24.1 Å². The van der Waals surface area contributed by atoms with Gasteiger partial charge in [0.15, 0.2) is 0 Å². The van der Waals surface area contributed by atoms with Gasteiger partial charge in [0.1, 0.15) is 0 Å². The molecule has 1 aromatic rings. The number of aliphatic carboxylic acids is 1. The first-order valence-electron chi connectivity index (χ1n) is 6.95. The van der Waals surface area contributed by atoms with E-state index in [1.165, 1.54) is 0 Å². The second-order valence-corrected chi connectivity index (χ2v) is 5.90. The van der Waals surface area contributed by atoms with Crippen LogP contribution in [0.3, 0.4) is 0 Å². The zero-order valence-electron chi connectivity index (χ0n) is 11.5. The van der Waals surface area contributed by atoms with Gasteiger partial charge in [0.05, 0.1) is 12.5 Å². The average molecular weight is 313 g/mol. The monoisotopic (exact) mass is 312 g/mol. The zero-order chi connectivity index (χ0) is 15.6. The van der Waals surface area contributed by atoms with Crippen LogP contribution < -0.4 is 0 Å². The minimum absolute atomic E-state index is 0.0822. The number of hydrogen-bond acceptors (Lipinski definition) is 4. The first-order chi connectivity index (χ1) is 9.93. The highest BCUT2D eigenvalue weighted by Gasteiger charge is 2.37. The fourth-order valence-corrected chi connectivity index (χ4v) is 3.33. The molecule has 7 heteroatoms. The molecule has 2 rings (SSSR count). The van der Waals surface area contributed by atoms with E-state index in [1.807, 2.05) is 0 Å². The summed E-state index contributed by atoms with van der Waals surface area (Å²) in [5.41, 5.74) is 2.15. The van der Waals surface area contributed by atoms with Gasteiger partial charge in [-0.05, 0) is 47.8 Å².